The summed E-state index contributed by atoms with van der Waals surface area (Å²) >= 11 is 0. The Bertz CT molecular complexity index is 768. The zero-order valence-corrected chi connectivity index (χ0v) is 11.3. The Labute approximate surface area is 116 Å². The Morgan fingerprint density at radius 2 is 2.25 bits per heavy atom. The molecule has 0 spiro atoms. The van der Waals surface area contributed by atoms with E-state index in [9.17, 15) is 0 Å². The van der Waals surface area contributed by atoms with Crippen LogP contribution in [0.3, 0.4) is 0 Å². The molecule has 2 aromatic heterocycles. The predicted octanol–water partition coefficient (Wildman–Crippen LogP) is 2.22. The monoisotopic (exact) mass is 267 g/mol. The highest BCUT2D eigenvalue weighted by atomic mass is 15.3. The molecule has 3 heterocycles. The van der Waals surface area contributed by atoms with Crippen LogP contribution >= 0.6 is 0 Å². The van der Waals surface area contributed by atoms with Crippen LogP contribution in [0.5, 0.6) is 0 Å². The molecule has 5 nitrogen and oxygen atoms in total. The molecular weight excluding hydrogens is 250 g/mol. The van der Waals surface area contributed by atoms with Crippen LogP contribution in [0, 0.1) is 0 Å². The number of aromatic amines is 1. The van der Waals surface area contributed by atoms with Gasteiger partial charge in [-0.05, 0) is 37.0 Å². The van der Waals surface area contributed by atoms with Crippen molar-refractivity contribution in [2.75, 3.05) is 0 Å². The summed E-state index contributed by atoms with van der Waals surface area (Å²) in [4.78, 5) is 7.44. The molecule has 0 amide bonds. The number of nitrogens with two attached hydrogens (primary N) is 1. The molecule has 20 heavy (non-hydrogen) atoms. The van der Waals surface area contributed by atoms with Gasteiger partial charge in [-0.15, -0.1) is 0 Å². The van der Waals surface area contributed by atoms with E-state index in [2.05, 4.69) is 31.9 Å². The summed E-state index contributed by atoms with van der Waals surface area (Å²) in [5.41, 5.74) is 12.7. The van der Waals surface area contributed by atoms with Gasteiger partial charge in [-0.25, -0.2) is 4.98 Å². The molecule has 0 saturated carbocycles. The number of hydrogen-bond acceptors (Lipinski definition) is 3. The van der Waals surface area contributed by atoms with E-state index in [0.717, 1.165) is 29.7 Å². The van der Waals surface area contributed by atoms with Crippen LogP contribution < -0.4 is 5.73 Å². The minimum atomic E-state index is 0.482. The molecular formula is C15H17N5. The minimum absolute atomic E-state index is 0.482. The highest BCUT2D eigenvalue weighted by molar-refractivity contribution is 5.82. The van der Waals surface area contributed by atoms with Gasteiger partial charge in [0.2, 0.25) is 0 Å². The molecule has 5 heteroatoms. The number of imidazole rings is 1. The maximum absolute atomic E-state index is 5.90. The van der Waals surface area contributed by atoms with Gasteiger partial charge in [0.05, 0.1) is 23.1 Å². The first-order valence-electron chi connectivity index (χ1n) is 7.09. The van der Waals surface area contributed by atoms with Gasteiger partial charge in [0, 0.05) is 24.3 Å². The van der Waals surface area contributed by atoms with Crippen molar-refractivity contribution < 1.29 is 0 Å². The molecule has 1 aliphatic heterocycles. The van der Waals surface area contributed by atoms with Gasteiger partial charge in [0.25, 0.3) is 0 Å². The topological polar surface area (TPSA) is 72.5 Å². The molecule has 3 aromatic rings. The largest absolute Gasteiger partial charge is 0.345 e. The zero-order valence-electron chi connectivity index (χ0n) is 11.3. The van der Waals surface area contributed by atoms with E-state index in [1.165, 1.54) is 29.7 Å². The Morgan fingerprint density at radius 3 is 3.15 bits per heavy atom. The maximum atomic E-state index is 5.90. The highest BCUT2D eigenvalue weighted by Gasteiger charge is 2.20. The van der Waals surface area contributed by atoms with Crippen molar-refractivity contribution in [3.8, 4) is 11.1 Å². The SMILES string of the molecule is NCc1nn2c(c1-c1ccc3nc[nH]c3c1)CCCC2. The third kappa shape index (κ3) is 1.67. The van der Waals surface area contributed by atoms with Crippen LogP contribution in [0.2, 0.25) is 0 Å². The van der Waals surface area contributed by atoms with Gasteiger partial charge in [0.15, 0.2) is 0 Å². The molecule has 0 unspecified atom stereocenters. The lowest BCUT2D eigenvalue weighted by Crippen LogP contribution is -2.11. The molecule has 3 N–H and O–H groups in total. The van der Waals surface area contributed by atoms with Crippen molar-refractivity contribution in [3.05, 3.63) is 35.9 Å². The molecule has 0 fully saturated rings. The normalized spacial score (nSPS) is 14.7. The molecule has 0 atom stereocenters. The number of hydrogen-bond donors (Lipinski definition) is 2. The van der Waals surface area contributed by atoms with Gasteiger partial charge in [-0.3, -0.25) is 4.68 Å². The fourth-order valence-corrected chi connectivity index (χ4v) is 3.11. The van der Waals surface area contributed by atoms with Crippen LogP contribution in [0.25, 0.3) is 22.2 Å². The summed E-state index contributed by atoms with van der Waals surface area (Å²) in [6, 6.07) is 6.32. The van der Waals surface area contributed by atoms with Crippen LogP contribution in [-0.2, 0) is 19.5 Å². The first kappa shape index (κ1) is 11.7. The number of aromatic nitrogens is 4. The average molecular weight is 267 g/mol. The smallest absolute Gasteiger partial charge is 0.0931 e. The van der Waals surface area contributed by atoms with Crippen molar-refractivity contribution in [1.29, 1.82) is 0 Å². The number of fused-ring (bicyclic) bond motifs is 2. The molecule has 1 aromatic carbocycles. The first-order chi connectivity index (χ1) is 9.86. The van der Waals surface area contributed by atoms with E-state index < -0.39 is 0 Å². The van der Waals surface area contributed by atoms with Gasteiger partial charge >= 0.3 is 0 Å². The predicted molar refractivity (Wildman–Crippen MR) is 78.1 cm³/mol. The van der Waals surface area contributed by atoms with Crippen LogP contribution in [-0.4, -0.2) is 19.7 Å². The zero-order chi connectivity index (χ0) is 13.5. The van der Waals surface area contributed by atoms with Crippen molar-refractivity contribution in [2.24, 2.45) is 5.73 Å². The molecule has 0 aliphatic carbocycles. The second kappa shape index (κ2) is 4.45. The van der Waals surface area contributed by atoms with E-state index >= 15 is 0 Å². The summed E-state index contributed by atoms with van der Waals surface area (Å²) in [6.45, 7) is 1.49. The molecule has 0 bridgehead atoms. The second-order valence-electron chi connectivity index (χ2n) is 5.29. The third-order valence-corrected chi connectivity index (χ3v) is 4.07. The Hall–Kier alpha value is -2.14. The van der Waals surface area contributed by atoms with Crippen LogP contribution in [0.1, 0.15) is 24.2 Å². The fraction of sp³-hybridized carbons (Fsp3) is 0.333. The quantitative estimate of drug-likeness (QED) is 0.747. The van der Waals surface area contributed by atoms with E-state index in [1.54, 1.807) is 6.33 Å². The number of aryl methyl sites for hydroxylation is 1. The fourth-order valence-electron chi connectivity index (χ4n) is 3.11. The van der Waals surface area contributed by atoms with Crippen molar-refractivity contribution in [1.82, 2.24) is 19.7 Å². The Morgan fingerprint density at radius 1 is 1.30 bits per heavy atom. The molecule has 102 valence electrons. The van der Waals surface area contributed by atoms with E-state index in [1.807, 2.05) is 6.07 Å². The van der Waals surface area contributed by atoms with E-state index in [4.69, 9.17) is 5.73 Å². The minimum Gasteiger partial charge on any atom is -0.345 e. The van der Waals surface area contributed by atoms with Gasteiger partial charge < -0.3 is 10.7 Å². The Balaban J connectivity index is 1.93. The van der Waals surface area contributed by atoms with E-state index in [0.29, 0.717) is 6.54 Å². The van der Waals surface area contributed by atoms with Crippen molar-refractivity contribution >= 4 is 11.0 Å². The standard InChI is InChI=1S/C15H17N5/c16-8-13-15(14-3-1-2-6-20(14)19-13)10-4-5-11-12(7-10)18-9-17-11/h4-5,7,9H,1-3,6,8,16H2,(H,17,18). The lowest BCUT2D eigenvalue weighted by atomic mass is 9.98. The Kier molecular flexibility index (Phi) is 2.60. The lowest BCUT2D eigenvalue weighted by Gasteiger charge is -2.14. The number of nitrogens with one attached hydrogen (secondary N) is 1. The van der Waals surface area contributed by atoms with Crippen molar-refractivity contribution in [3.63, 3.8) is 0 Å². The lowest BCUT2D eigenvalue weighted by molar-refractivity contribution is 0.484. The molecule has 0 radical (unpaired) electrons. The summed E-state index contributed by atoms with van der Waals surface area (Å²) in [5.74, 6) is 0. The summed E-state index contributed by atoms with van der Waals surface area (Å²) in [7, 11) is 0. The maximum Gasteiger partial charge on any atom is 0.0931 e. The average Bonchev–Trinajstić information content (AvgIpc) is 3.09. The third-order valence-electron chi connectivity index (χ3n) is 4.07. The van der Waals surface area contributed by atoms with Gasteiger partial charge in [-0.1, -0.05) is 6.07 Å². The van der Waals surface area contributed by atoms with Crippen LogP contribution in [0.15, 0.2) is 24.5 Å². The number of nitrogens with zero attached hydrogens (tertiary/aromatic N) is 3. The number of rotatable bonds is 2. The molecule has 0 saturated heterocycles. The second-order valence-corrected chi connectivity index (χ2v) is 5.29. The highest BCUT2D eigenvalue weighted by Crippen LogP contribution is 2.32. The number of benzene rings is 1. The first-order valence-corrected chi connectivity index (χ1v) is 7.09. The molecule has 1 aliphatic rings. The molecule has 4 rings (SSSR count). The van der Waals surface area contributed by atoms with Crippen molar-refractivity contribution in [2.45, 2.75) is 32.4 Å². The summed E-state index contributed by atoms with van der Waals surface area (Å²) < 4.78 is 2.14. The van der Waals surface area contributed by atoms with Gasteiger partial charge in [-0.2, -0.15) is 5.10 Å². The number of H-pyrrole nitrogens is 1. The van der Waals surface area contributed by atoms with E-state index in [-0.39, 0.29) is 0 Å². The summed E-state index contributed by atoms with van der Waals surface area (Å²) in [6.07, 6.45) is 5.25. The van der Waals surface area contributed by atoms with Gasteiger partial charge in [0.1, 0.15) is 0 Å². The summed E-state index contributed by atoms with van der Waals surface area (Å²) in [5, 5.41) is 4.68. The van der Waals surface area contributed by atoms with Crippen LogP contribution in [0.4, 0.5) is 0 Å².